The number of likely N-dealkylation sites (N-methyl/N-ethyl adjacent to an activating group) is 1. The molecule has 1 unspecified atom stereocenters. The predicted molar refractivity (Wildman–Crippen MR) is 166 cm³/mol. The zero-order valence-corrected chi connectivity index (χ0v) is 25.4. The van der Waals surface area contributed by atoms with Crippen LogP contribution in [0.3, 0.4) is 0 Å². The average Bonchev–Trinajstić information content (AvgIpc) is 3.37. The van der Waals surface area contributed by atoms with Gasteiger partial charge in [0.05, 0.1) is 28.9 Å². The third-order valence-corrected chi connectivity index (χ3v) is 7.64. The number of amides is 1. The third-order valence-electron chi connectivity index (χ3n) is 7.35. The van der Waals surface area contributed by atoms with Crippen molar-refractivity contribution in [3.05, 3.63) is 83.2 Å². The van der Waals surface area contributed by atoms with Crippen molar-refractivity contribution >= 4 is 45.6 Å². The lowest BCUT2D eigenvalue weighted by Crippen LogP contribution is -2.24. The SMILES string of the molecule is COc1cc2ncnc(Nc3cc(Cl)c(Oc4cccc(F)c4)cc3C(C)(C)O)c2cc1NC(=O)C(F)=CC1CCCN1C. The van der Waals surface area contributed by atoms with Crippen molar-refractivity contribution in [3.63, 3.8) is 0 Å². The fraction of sp³-hybridized carbons (Fsp3) is 0.281. The van der Waals surface area contributed by atoms with Crippen molar-refractivity contribution in [2.45, 2.75) is 38.3 Å². The van der Waals surface area contributed by atoms with E-state index in [-0.39, 0.29) is 34.0 Å². The van der Waals surface area contributed by atoms with Crippen LogP contribution < -0.4 is 20.1 Å². The van der Waals surface area contributed by atoms with Crippen LogP contribution in [-0.2, 0) is 10.4 Å². The second-order valence-electron chi connectivity index (χ2n) is 11.0. The highest BCUT2D eigenvalue weighted by Gasteiger charge is 2.25. The van der Waals surface area contributed by atoms with Gasteiger partial charge in [0, 0.05) is 34.8 Å². The summed E-state index contributed by atoms with van der Waals surface area (Å²) >= 11 is 6.57. The largest absolute Gasteiger partial charge is 0.494 e. The summed E-state index contributed by atoms with van der Waals surface area (Å²) in [6.07, 6.45) is 4.38. The molecule has 1 aliphatic heterocycles. The first-order valence-corrected chi connectivity index (χ1v) is 14.3. The standard InChI is InChI=1S/C32H32ClF2N5O4/c1-32(2,42)22-14-28(44-20-9-5-7-18(34)11-20)23(33)15-26(22)38-30-21-13-27(29(43-4)16-25(21)36-17-37-30)39-31(41)24(35)12-19-8-6-10-40(19)3/h5,7,9,11-17,19,42H,6,8,10H2,1-4H3,(H,39,41)(H,36,37,38). The van der Waals surface area contributed by atoms with Crippen LogP contribution in [0, 0.1) is 5.82 Å². The van der Waals surface area contributed by atoms with Crippen LogP contribution in [0.25, 0.3) is 10.9 Å². The molecular weight excluding hydrogens is 592 g/mol. The summed E-state index contributed by atoms with van der Waals surface area (Å²) in [5, 5.41) is 17.5. The molecule has 0 saturated carbocycles. The lowest BCUT2D eigenvalue weighted by molar-refractivity contribution is -0.114. The van der Waals surface area contributed by atoms with Gasteiger partial charge in [-0.2, -0.15) is 0 Å². The first kappa shape index (κ1) is 31.1. The molecule has 0 bridgehead atoms. The number of aliphatic hydroxyl groups is 1. The first-order chi connectivity index (χ1) is 20.9. The third kappa shape index (κ3) is 6.91. The van der Waals surface area contributed by atoms with Crippen LogP contribution >= 0.6 is 11.6 Å². The second-order valence-corrected chi connectivity index (χ2v) is 11.4. The quantitative estimate of drug-likeness (QED) is 0.170. The van der Waals surface area contributed by atoms with E-state index < -0.39 is 23.2 Å². The summed E-state index contributed by atoms with van der Waals surface area (Å²) in [5.74, 6) is -1.22. The molecule has 1 amide bonds. The fourth-order valence-electron chi connectivity index (χ4n) is 5.05. The maximum atomic E-state index is 14.9. The van der Waals surface area contributed by atoms with Gasteiger partial charge in [-0.15, -0.1) is 0 Å². The van der Waals surface area contributed by atoms with Crippen LogP contribution in [0.5, 0.6) is 17.2 Å². The molecule has 3 N–H and O–H groups in total. The number of hydrogen-bond donors (Lipinski definition) is 3. The number of hydrogen-bond acceptors (Lipinski definition) is 8. The van der Waals surface area contributed by atoms with Crippen LogP contribution in [0.15, 0.2) is 66.8 Å². The highest BCUT2D eigenvalue weighted by atomic mass is 35.5. The van der Waals surface area contributed by atoms with Gasteiger partial charge in [0.25, 0.3) is 5.91 Å². The normalized spacial score (nSPS) is 15.8. The number of nitrogens with one attached hydrogen (secondary N) is 2. The number of nitrogens with zero attached hydrogens (tertiary/aromatic N) is 3. The molecule has 1 atom stereocenters. The minimum absolute atomic E-state index is 0.147. The van der Waals surface area contributed by atoms with E-state index in [1.807, 2.05) is 11.9 Å². The summed E-state index contributed by atoms with van der Waals surface area (Å²) in [5.41, 5.74) is 0.139. The number of benzene rings is 3. The zero-order valence-electron chi connectivity index (χ0n) is 24.6. The molecule has 9 nitrogen and oxygen atoms in total. The van der Waals surface area contributed by atoms with Crippen molar-refractivity contribution in [2.75, 3.05) is 31.3 Å². The van der Waals surface area contributed by atoms with Gasteiger partial charge in [0.2, 0.25) is 0 Å². The maximum absolute atomic E-state index is 14.9. The lowest BCUT2D eigenvalue weighted by atomic mass is 9.96. The molecule has 5 rings (SSSR count). The number of carbonyl (C=O) groups excluding carboxylic acids is 1. The summed E-state index contributed by atoms with van der Waals surface area (Å²) in [6.45, 7) is 4.03. The van der Waals surface area contributed by atoms with E-state index in [1.165, 1.54) is 37.7 Å². The summed E-state index contributed by atoms with van der Waals surface area (Å²) in [7, 11) is 3.32. The van der Waals surface area contributed by atoms with E-state index >= 15 is 0 Å². The molecule has 3 aromatic carbocycles. The molecule has 1 aliphatic rings. The Morgan fingerprint density at radius 1 is 1.16 bits per heavy atom. The number of rotatable bonds is 9. The Kier molecular flexibility index (Phi) is 9.00. The van der Waals surface area contributed by atoms with Gasteiger partial charge >= 0.3 is 0 Å². The summed E-state index contributed by atoms with van der Waals surface area (Å²) in [4.78, 5) is 23.5. The van der Waals surface area contributed by atoms with Crippen LogP contribution in [0.1, 0.15) is 32.3 Å². The molecule has 230 valence electrons. The molecule has 4 aromatic rings. The number of anilines is 3. The van der Waals surface area contributed by atoms with E-state index in [1.54, 1.807) is 44.2 Å². The van der Waals surface area contributed by atoms with Gasteiger partial charge in [-0.1, -0.05) is 17.7 Å². The second kappa shape index (κ2) is 12.7. The number of carbonyl (C=O) groups is 1. The number of aromatic nitrogens is 2. The molecule has 0 aliphatic carbocycles. The number of fused-ring (bicyclic) bond motifs is 1. The molecule has 1 aromatic heterocycles. The first-order valence-electron chi connectivity index (χ1n) is 13.9. The highest BCUT2D eigenvalue weighted by molar-refractivity contribution is 6.32. The van der Waals surface area contributed by atoms with Crippen LogP contribution in [-0.4, -0.2) is 52.6 Å². The summed E-state index contributed by atoms with van der Waals surface area (Å²) in [6, 6.07) is 11.8. The minimum atomic E-state index is -1.37. The lowest BCUT2D eigenvalue weighted by Gasteiger charge is -2.24. The van der Waals surface area contributed by atoms with Gasteiger partial charge < -0.3 is 25.2 Å². The van der Waals surface area contributed by atoms with Gasteiger partial charge in [-0.05, 0) is 76.7 Å². The monoisotopic (exact) mass is 623 g/mol. The van der Waals surface area contributed by atoms with Crippen molar-refractivity contribution in [2.24, 2.45) is 0 Å². The molecule has 1 fully saturated rings. The Labute approximate surface area is 258 Å². The van der Waals surface area contributed by atoms with Crippen molar-refractivity contribution < 1.29 is 28.2 Å². The molecule has 0 radical (unpaired) electrons. The van der Waals surface area contributed by atoms with Crippen molar-refractivity contribution in [3.8, 4) is 17.2 Å². The Morgan fingerprint density at radius 3 is 2.64 bits per heavy atom. The summed E-state index contributed by atoms with van der Waals surface area (Å²) < 4.78 is 39.9. The fourth-order valence-corrected chi connectivity index (χ4v) is 5.25. The number of ether oxygens (including phenoxy) is 2. The van der Waals surface area contributed by atoms with Gasteiger partial charge in [-0.25, -0.2) is 18.7 Å². The van der Waals surface area contributed by atoms with E-state index in [2.05, 4.69) is 20.6 Å². The predicted octanol–water partition coefficient (Wildman–Crippen LogP) is 7.08. The Hall–Kier alpha value is -4.32. The Morgan fingerprint density at radius 2 is 1.95 bits per heavy atom. The van der Waals surface area contributed by atoms with Gasteiger partial charge in [0.15, 0.2) is 5.83 Å². The molecule has 2 heterocycles. The molecular formula is C32H32ClF2N5O4. The molecule has 12 heteroatoms. The maximum Gasteiger partial charge on any atom is 0.284 e. The highest BCUT2D eigenvalue weighted by Crippen LogP contribution is 2.41. The van der Waals surface area contributed by atoms with Crippen molar-refractivity contribution in [1.29, 1.82) is 0 Å². The van der Waals surface area contributed by atoms with Crippen LogP contribution in [0.2, 0.25) is 5.02 Å². The van der Waals surface area contributed by atoms with E-state index in [0.29, 0.717) is 28.0 Å². The number of halogens is 3. The number of likely N-dealkylation sites (tertiary alicyclic amines) is 1. The minimum Gasteiger partial charge on any atom is -0.494 e. The smallest absolute Gasteiger partial charge is 0.284 e. The van der Waals surface area contributed by atoms with E-state index in [4.69, 9.17) is 21.1 Å². The number of methoxy groups -OCH3 is 1. The van der Waals surface area contributed by atoms with Crippen molar-refractivity contribution in [1.82, 2.24) is 14.9 Å². The Balaban J connectivity index is 1.49. The zero-order chi connectivity index (χ0) is 31.6. The van der Waals surface area contributed by atoms with Gasteiger partial charge in [-0.3, -0.25) is 9.69 Å². The van der Waals surface area contributed by atoms with Crippen LogP contribution in [0.4, 0.5) is 26.0 Å². The molecule has 44 heavy (non-hydrogen) atoms. The Bertz CT molecular complexity index is 1740. The van der Waals surface area contributed by atoms with Gasteiger partial charge in [0.1, 0.15) is 35.2 Å². The molecule has 0 spiro atoms. The molecule has 1 saturated heterocycles. The van der Waals surface area contributed by atoms with E-state index in [0.717, 1.165) is 19.4 Å². The van der Waals surface area contributed by atoms with E-state index in [9.17, 15) is 18.7 Å². The average molecular weight is 624 g/mol. The topological polar surface area (TPSA) is 109 Å².